The van der Waals surface area contributed by atoms with Gasteiger partial charge in [-0.15, -0.1) is 0 Å². The van der Waals surface area contributed by atoms with Crippen LogP contribution < -0.4 is 5.73 Å². The van der Waals surface area contributed by atoms with Crippen LogP contribution in [-0.2, 0) is 15.6 Å². The zero-order valence-corrected chi connectivity index (χ0v) is 12.4. The molecule has 2 rings (SSSR count). The summed E-state index contributed by atoms with van der Waals surface area (Å²) >= 11 is 3.39. The molecule has 0 saturated heterocycles. The molecule has 0 saturated carbocycles. The molecule has 0 aliphatic rings. The van der Waals surface area contributed by atoms with E-state index in [0.717, 1.165) is 15.6 Å². The van der Waals surface area contributed by atoms with Crippen molar-refractivity contribution < 1.29 is 9.00 Å². The number of hydrogen-bond donors (Lipinski definition) is 1. The molecule has 0 aliphatic heterocycles. The minimum Gasteiger partial charge on any atom is -0.369 e. The molecule has 19 heavy (non-hydrogen) atoms. The molecule has 98 valence electrons. The predicted molar refractivity (Wildman–Crippen MR) is 80.0 cm³/mol. The van der Waals surface area contributed by atoms with Crippen LogP contribution in [0.4, 0.5) is 0 Å². The standard InChI is InChI=1S/C14H12BrNO2S/c15-12-5-1-10(2-6-12)11-3-7-13(8-4-11)19(18)9-14(16)17/h1-8H,9H2,(H2,16,17). The fourth-order valence-corrected chi connectivity index (χ4v) is 2.78. The summed E-state index contributed by atoms with van der Waals surface area (Å²) in [6.07, 6.45) is 0. The average Bonchev–Trinajstić information content (AvgIpc) is 2.39. The summed E-state index contributed by atoms with van der Waals surface area (Å²) in [5, 5.41) is 0. The Morgan fingerprint density at radius 1 is 1.00 bits per heavy atom. The van der Waals surface area contributed by atoms with Crippen LogP contribution in [0.5, 0.6) is 0 Å². The summed E-state index contributed by atoms with van der Waals surface area (Å²) in [4.78, 5) is 11.3. The van der Waals surface area contributed by atoms with E-state index >= 15 is 0 Å². The number of benzene rings is 2. The number of rotatable bonds is 4. The summed E-state index contributed by atoms with van der Waals surface area (Å²) in [7, 11) is -1.36. The first-order valence-electron chi connectivity index (χ1n) is 5.59. The summed E-state index contributed by atoms with van der Waals surface area (Å²) in [5.74, 6) is -0.701. The van der Waals surface area contributed by atoms with Crippen molar-refractivity contribution in [1.29, 1.82) is 0 Å². The van der Waals surface area contributed by atoms with Gasteiger partial charge >= 0.3 is 0 Å². The maximum atomic E-state index is 11.8. The molecule has 0 radical (unpaired) electrons. The van der Waals surface area contributed by atoms with E-state index in [1.807, 2.05) is 36.4 Å². The molecule has 0 aliphatic carbocycles. The summed E-state index contributed by atoms with van der Waals surface area (Å²) in [6.45, 7) is 0. The fourth-order valence-electron chi connectivity index (χ4n) is 1.65. The SMILES string of the molecule is NC(=O)CS(=O)c1ccc(-c2ccc(Br)cc2)cc1. The van der Waals surface area contributed by atoms with E-state index in [2.05, 4.69) is 15.9 Å². The lowest BCUT2D eigenvalue weighted by atomic mass is 10.1. The molecule has 0 spiro atoms. The molecule has 1 amide bonds. The third-order valence-corrected chi connectivity index (χ3v) is 4.44. The zero-order chi connectivity index (χ0) is 13.8. The van der Waals surface area contributed by atoms with E-state index in [9.17, 15) is 9.00 Å². The minimum absolute atomic E-state index is 0.141. The quantitative estimate of drug-likeness (QED) is 0.932. The number of nitrogens with two attached hydrogens (primary N) is 1. The van der Waals surface area contributed by atoms with Crippen LogP contribution in [0.3, 0.4) is 0 Å². The van der Waals surface area contributed by atoms with Gasteiger partial charge in [0.15, 0.2) is 0 Å². The van der Waals surface area contributed by atoms with Crippen molar-refractivity contribution in [2.24, 2.45) is 5.73 Å². The van der Waals surface area contributed by atoms with Crippen molar-refractivity contribution >= 4 is 32.6 Å². The average molecular weight is 338 g/mol. The highest BCUT2D eigenvalue weighted by molar-refractivity contribution is 9.10. The third kappa shape index (κ3) is 3.75. The van der Waals surface area contributed by atoms with Gasteiger partial charge < -0.3 is 5.73 Å². The van der Waals surface area contributed by atoms with Crippen molar-refractivity contribution in [3.63, 3.8) is 0 Å². The molecule has 1 unspecified atom stereocenters. The highest BCUT2D eigenvalue weighted by Gasteiger charge is 2.07. The Morgan fingerprint density at radius 2 is 1.47 bits per heavy atom. The van der Waals surface area contributed by atoms with Crippen LogP contribution in [0, 0.1) is 0 Å². The first kappa shape index (κ1) is 14.0. The lowest BCUT2D eigenvalue weighted by molar-refractivity contribution is -0.115. The van der Waals surface area contributed by atoms with Gasteiger partial charge in [-0.05, 0) is 35.4 Å². The van der Waals surface area contributed by atoms with E-state index in [1.165, 1.54) is 0 Å². The van der Waals surface area contributed by atoms with E-state index in [1.54, 1.807) is 12.1 Å². The van der Waals surface area contributed by atoms with E-state index < -0.39 is 16.7 Å². The van der Waals surface area contributed by atoms with Crippen LogP contribution in [0.2, 0.25) is 0 Å². The van der Waals surface area contributed by atoms with Gasteiger partial charge in [0, 0.05) is 9.37 Å². The van der Waals surface area contributed by atoms with Crippen molar-refractivity contribution in [2.75, 3.05) is 5.75 Å². The minimum atomic E-state index is -1.36. The van der Waals surface area contributed by atoms with Gasteiger partial charge in [-0.3, -0.25) is 9.00 Å². The molecule has 2 N–H and O–H groups in total. The first-order chi connectivity index (χ1) is 9.06. The Morgan fingerprint density at radius 3 is 1.95 bits per heavy atom. The monoisotopic (exact) mass is 337 g/mol. The molecular weight excluding hydrogens is 326 g/mol. The van der Waals surface area contributed by atoms with Crippen molar-refractivity contribution in [3.05, 3.63) is 53.0 Å². The molecule has 5 heteroatoms. The Balaban J connectivity index is 2.21. The van der Waals surface area contributed by atoms with Crippen molar-refractivity contribution in [2.45, 2.75) is 4.90 Å². The highest BCUT2D eigenvalue weighted by atomic mass is 79.9. The molecule has 2 aromatic rings. The van der Waals surface area contributed by atoms with Crippen LogP contribution in [-0.4, -0.2) is 15.9 Å². The van der Waals surface area contributed by atoms with Gasteiger partial charge in [-0.25, -0.2) is 0 Å². The van der Waals surface area contributed by atoms with Gasteiger partial charge in [-0.2, -0.15) is 0 Å². The summed E-state index contributed by atoms with van der Waals surface area (Å²) < 4.78 is 12.8. The van der Waals surface area contributed by atoms with E-state index in [-0.39, 0.29) is 5.75 Å². The Bertz CT molecular complexity index is 608. The van der Waals surface area contributed by atoms with Crippen LogP contribution >= 0.6 is 15.9 Å². The second-order valence-corrected chi connectivity index (χ2v) is 6.35. The molecular formula is C14H12BrNO2S. The fraction of sp³-hybridized carbons (Fsp3) is 0.0714. The number of hydrogen-bond acceptors (Lipinski definition) is 2. The lowest BCUT2D eigenvalue weighted by Gasteiger charge is -2.04. The number of carbonyl (C=O) groups excluding carboxylic acids is 1. The van der Waals surface area contributed by atoms with Gasteiger partial charge in [-0.1, -0.05) is 40.2 Å². The molecule has 0 heterocycles. The van der Waals surface area contributed by atoms with Gasteiger partial charge in [0.25, 0.3) is 0 Å². The summed E-state index contributed by atoms with van der Waals surface area (Å²) in [5.41, 5.74) is 7.14. The molecule has 3 nitrogen and oxygen atoms in total. The van der Waals surface area contributed by atoms with Gasteiger partial charge in [0.1, 0.15) is 5.75 Å². The van der Waals surface area contributed by atoms with E-state index in [4.69, 9.17) is 5.73 Å². The lowest BCUT2D eigenvalue weighted by Crippen LogP contribution is -2.19. The Kier molecular flexibility index (Phi) is 4.50. The first-order valence-corrected chi connectivity index (χ1v) is 7.70. The molecule has 0 fully saturated rings. The smallest absolute Gasteiger partial charge is 0.230 e. The molecule has 2 aromatic carbocycles. The molecule has 0 bridgehead atoms. The number of amides is 1. The van der Waals surface area contributed by atoms with Gasteiger partial charge in [0.05, 0.1) is 10.8 Å². The van der Waals surface area contributed by atoms with Crippen LogP contribution in [0.25, 0.3) is 11.1 Å². The second kappa shape index (κ2) is 6.12. The molecule has 1 atom stereocenters. The normalized spacial score (nSPS) is 12.1. The topological polar surface area (TPSA) is 60.2 Å². The van der Waals surface area contributed by atoms with Crippen LogP contribution in [0.15, 0.2) is 57.9 Å². The maximum absolute atomic E-state index is 11.8. The van der Waals surface area contributed by atoms with Crippen molar-refractivity contribution in [1.82, 2.24) is 0 Å². The second-order valence-electron chi connectivity index (χ2n) is 3.99. The van der Waals surface area contributed by atoms with Crippen molar-refractivity contribution in [3.8, 4) is 11.1 Å². The number of carbonyl (C=O) groups is 1. The predicted octanol–water partition coefficient (Wildman–Crippen LogP) is 2.71. The van der Waals surface area contributed by atoms with E-state index in [0.29, 0.717) is 4.90 Å². The Hall–Kier alpha value is -1.46. The number of halogens is 1. The highest BCUT2D eigenvalue weighted by Crippen LogP contribution is 2.22. The van der Waals surface area contributed by atoms with Gasteiger partial charge in [0.2, 0.25) is 5.91 Å². The third-order valence-electron chi connectivity index (χ3n) is 2.57. The zero-order valence-electron chi connectivity index (χ0n) is 10.0. The van der Waals surface area contributed by atoms with Crippen LogP contribution in [0.1, 0.15) is 0 Å². The Labute approximate surface area is 122 Å². The summed E-state index contributed by atoms with van der Waals surface area (Å²) in [6, 6.07) is 15.2. The maximum Gasteiger partial charge on any atom is 0.230 e. The number of primary amides is 1. The molecule has 0 aromatic heterocycles. The largest absolute Gasteiger partial charge is 0.369 e.